The van der Waals surface area contributed by atoms with Crippen molar-refractivity contribution in [1.82, 2.24) is 28.7 Å². The van der Waals surface area contributed by atoms with Crippen molar-refractivity contribution in [3.05, 3.63) is 274 Å². The molecule has 0 fully saturated rings. The lowest BCUT2D eigenvalue weighted by molar-refractivity contribution is 0.806. The fourth-order valence-electron chi connectivity index (χ4n) is 11.7. The number of hydrogen-bond acceptors (Lipinski definition) is 3. The fraction of sp³-hybridized carbons (Fsp3) is 0.222. The van der Waals surface area contributed by atoms with E-state index in [1.165, 1.54) is 61.6 Å². The number of rotatable bonds is 13. The van der Waals surface area contributed by atoms with Gasteiger partial charge in [-0.2, -0.15) is 0 Å². The van der Waals surface area contributed by atoms with Crippen molar-refractivity contribution in [2.24, 2.45) is 0 Å². The molecular weight excluding hydrogens is 1060 g/mol. The summed E-state index contributed by atoms with van der Waals surface area (Å²) in [6, 6.07) is 60.1. The Morgan fingerprint density at radius 3 is 0.816 bits per heavy atom. The highest BCUT2D eigenvalue weighted by molar-refractivity contribution is 5.72. The minimum atomic E-state index is 0.293. The van der Waals surface area contributed by atoms with Gasteiger partial charge in [0.1, 0.15) is 17.5 Å². The van der Waals surface area contributed by atoms with Gasteiger partial charge in [0.25, 0.3) is 0 Å². The molecule has 0 aliphatic heterocycles. The van der Waals surface area contributed by atoms with Crippen LogP contribution in [0.2, 0.25) is 0 Å². The molecule has 430 valence electrons. The molecule has 8 aromatic carbocycles. The zero-order valence-corrected chi connectivity index (χ0v) is 52.3. The average molecular weight is 1130 g/mol. The summed E-state index contributed by atoms with van der Waals surface area (Å²) < 4.78 is 6.78. The maximum atomic E-state index is 4.95. The molecule has 0 amide bonds. The Kier molecular flexibility index (Phi) is 17.4. The summed E-state index contributed by atoms with van der Waals surface area (Å²) in [5.74, 6) is 25.6. The molecule has 0 spiro atoms. The highest BCUT2D eigenvalue weighted by Gasteiger charge is 2.23. The van der Waals surface area contributed by atoms with Gasteiger partial charge in [0.05, 0.1) is 17.1 Å². The molecule has 0 aliphatic carbocycles. The average Bonchev–Trinajstić information content (AvgIpc) is 2.26. The van der Waals surface area contributed by atoms with Crippen molar-refractivity contribution in [3.8, 4) is 97.9 Å². The Morgan fingerprint density at radius 1 is 0.253 bits per heavy atom. The van der Waals surface area contributed by atoms with Crippen LogP contribution in [0.15, 0.2) is 207 Å². The Balaban J connectivity index is 0.913. The fourth-order valence-corrected chi connectivity index (χ4v) is 11.7. The third kappa shape index (κ3) is 12.7. The molecule has 11 rings (SSSR count). The van der Waals surface area contributed by atoms with Crippen molar-refractivity contribution in [2.75, 3.05) is 0 Å². The van der Waals surface area contributed by atoms with E-state index in [0.717, 1.165) is 67.5 Å². The van der Waals surface area contributed by atoms with Crippen LogP contribution >= 0.6 is 0 Å². The van der Waals surface area contributed by atoms with Crippen LogP contribution in [0.4, 0.5) is 0 Å². The van der Waals surface area contributed by atoms with Gasteiger partial charge in [-0.1, -0.05) is 222 Å². The lowest BCUT2D eigenvalue weighted by Crippen LogP contribution is -2.08. The van der Waals surface area contributed by atoms with Crippen LogP contribution in [0.25, 0.3) is 62.4 Å². The summed E-state index contributed by atoms with van der Waals surface area (Å²) in [5, 5.41) is 0. The molecule has 11 aromatic rings. The standard InChI is InChI=1S/C81H76N6/c1-53(2)70-20-16-21-71(54(3)4)76(70)85-45-42-82-79(85)66-36-30-59(31-37-66)24-27-62-48-63(28-25-60-32-38-67(39-33-60)80-83-43-46-86(80)77-72(55(5)6)22-17-23-73(77)56(7)8)50-64(49-62)29-26-61-34-40-68(41-35-61)81-84-44-47-87(81)78-74(57(9)10)51-69(52-75(78)58(11)12)65-18-14-13-15-19-65/h13-23,30-58H,1-12H3. The summed E-state index contributed by atoms with van der Waals surface area (Å²) in [4.78, 5) is 14.7. The van der Waals surface area contributed by atoms with E-state index in [1.807, 2.05) is 18.6 Å². The SMILES string of the molecule is CC(C)c1cccc(C(C)C)c1-n1ccnc1-c1ccc(C#Cc2cc(C#Cc3ccc(-c4nccn4-c4c(C(C)C)cccc4C(C)C)cc3)cc(C#Cc3ccc(-c4nccn4-c4c(C(C)C)cc(-c5ccccc5)cc4C(C)C)cc3)c2)cc1. The number of imidazole rings is 3. The van der Waals surface area contributed by atoms with E-state index in [1.54, 1.807) is 0 Å². The molecule has 0 bridgehead atoms. The molecule has 0 N–H and O–H groups in total. The van der Waals surface area contributed by atoms with Crippen LogP contribution in [0, 0.1) is 35.5 Å². The Hall–Kier alpha value is -9.93. The van der Waals surface area contributed by atoms with Gasteiger partial charge in [0.2, 0.25) is 0 Å². The first-order chi connectivity index (χ1) is 42.1. The summed E-state index contributed by atoms with van der Waals surface area (Å²) in [5.41, 5.74) is 22.1. The predicted octanol–water partition coefficient (Wildman–Crippen LogP) is 19.9. The van der Waals surface area contributed by atoms with Gasteiger partial charge < -0.3 is 0 Å². The minimum Gasteiger partial charge on any atom is -0.299 e. The first-order valence-corrected chi connectivity index (χ1v) is 30.7. The zero-order chi connectivity index (χ0) is 60.9. The maximum Gasteiger partial charge on any atom is 0.144 e. The third-order valence-corrected chi connectivity index (χ3v) is 16.3. The van der Waals surface area contributed by atoms with Gasteiger partial charge in [-0.25, -0.2) is 15.0 Å². The molecule has 3 heterocycles. The van der Waals surface area contributed by atoms with Crippen LogP contribution in [-0.2, 0) is 0 Å². The smallest absolute Gasteiger partial charge is 0.144 e. The highest BCUT2D eigenvalue weighted by Crippen LogP contribution is 2.39. The molecule has 87 heavy (non-hydrogen) atoms. The van der Waals surface area contributed by atoms with E-state index in [0.29, 0.717) is 35.5 Å². The molecule has 0 saturated heterocycles. The molecule has 0 atom stereocenters. The van der Waals surface area contributed by atoms with Gasteiger partial charge in [-0.05, 0) is 147 Å². The topological polar surface area (TPSA) is 53.5 Å². The molecule has 6 heteroatoms. The van der Waals surface area contributed by atoms with Crippen molar-refractivity contribution >= 4 is 0 Å². The Bertz CT molecular complexity index is 4180. The number of nitrogens with zero attached hydrogens (tertiary/aromatic N) is 6. The molecule has 6 nitrogen and oxygen atoms in total. The molecular formula is C81H76N6. The van der Waals surface area contributed by atoms with E-state index < -0.39 is 0 Å². The predicted molar refractivity (Wildman–Crippen MR) is 361 cm³/mol. The Morgan fingerprint density at radius 2 is 0.529 bits per heavy atom. The van der Waals surface area contributed by atoms with E-state index in [-0.39, 0.29) is 0 Å². The van der Waals surface area contributed by atoms with Crippen LogP contribution in [-0.4, -0.2) is 28.7 Å². The number of aromatic nitrogens is 6. The van der Waals surface area contributed by atoms with Gasteiger partial charge >= 0.3 is 0 Å². The molecule has 0 radical (unpaired) electrons. The van der Waals surface area contributed by atoms with E-state index >= 15 is 0 Å². The van der Waals surface area contributed by atoms with Crippen LogP contribution in [0.5, 0.6) is 0 Å². The van der Waals surface area contributed by atoms with E-state index in [4.69, 9.17) is 15.0 Å². The first kappa shape index (κ1) is 58.8. The molecule has 0 aliphatic rings. The lowest BCUT2D eigenvalue weighted by atomic mass is 9.88. The van der Waals surface area contributed by atoms with Crippen molar-refractivity contribution in [3.63, 3.8) is 0 Å². The second-order valence-corrected chi connectivity index (χ2v) is 24.5. The number of para-hydroxylation sites is 2. The molecule has 0 saturated carbocycles. The quantitative estimate of drug-likeness (QED) is 0.108. The number of benzene rings is 8. The van der Waals surface area contributed by atoms with Gasteiger partial charge in [-0.15, -0.1) is 0 Å². The normalized spacial score (nSPS) is 11.3. The van der Waals surface area contributed by atoms with Gasteiger partial charge in [0.15, 0.2) is 0 Å². The van der Waals surface area contributed by atoms with Gasteiger partial charge in [0, 0.05) is 87.3 Å². The zero-order valence-electron chi connectivity index (χ0n) is 52.3. The van der Waals surface area contributed by atoms with Crippen molar-refractivity contribution in [1.29, 1.82) is 0 Å². The largest absolute Gasteiger partial charge is 0.299 e. The van der Waals surface area contributed by atoms with Crippen LogP contribution in [0.3, 0.4) is 0 Å². The molecule has 3 aromatic heterocycles. The Labute approximate surface area is 516 Å². The lowest BCUT2D eigenvalue weighted by Gasteiger charge is -2.23. The summed E-state index contributed by atoms with van der Waals surface area (Å²) in [7, 11) is 0. The van der Waals surface area contributed by atoms with E-state index in [9.17, 15) is 0 Å². The molecule has 0 unspecified atom stereocenters. The van der Waals surface area contributed by atoms with Crippen LogP contribution < -0.4 is 0 Å². The van der Waals surface area contributed by atoms with Gasteiger partial charge in [-0.3, -0.25) is 13.7 Å². The number of hydrogen-bond donors (Lipinski definition) is 0. The maximum absolute atomic E-state index is 4.95. The van der Waals surface area contributed by atoms with Crippen molar-refractivity contribution < 1.29 is 0 Å². The third-order valence-electron chi connectivity index (χ3n) is 16.3. The summed E-state index contributed by atoms with van der Waals surface area (Å²) in [6.07, 6.45) is 12.0. The van der Waals surface area contributed by atoms with Crippen molar-refractivity contribution in [2.45, 2.75) is 119 Å². The first-order valence-electron chi connectivity index (χ1n) is 30.7. The summed E-state index contributed by atoms with van der Waals surface area (Å²) in [6.45, 7) is 27.1. The van der Waals surface area contributed by atoms with Crippen LogP contribution in [0.1, 0.15) is 185 Å². The monoisotopic (exact) mass is 1130 g/mol. The second kappa shape index (κ2) is 25.7. The van der Waals surface area contributed by atoms with E-state index in [2.05, 4.69) is 321 Å². The summed E-state index contributed by atoms with van der Waals surface area (Å²) >= 11 is 0. The minimum absolute atomic E-state index is 0.293. The highest BCUT2D eigenvalue weighted by atomic mass is 15.1. The second-order valence-electron chi connectivity index (χ2n) is 24.5.